The third-order valence-corrected chi connectivity index (χ3v) is 3.27. The maximum atomic E-state index is 3.76. The Labute approximate surface area is 95.3 Å². The Kier molecular flexibility index (Phi) is 6.74. The highest BCUT2D eigenvalue weighted by Gasteiger charge is 2.29. The minimum absolute atomic E-state index is 0.827. The van der Waals surface area contributed by atoms with Crippen molar-refractivity contribution in [1.82, 2.24) is 5.32 Å². The van der Waals surface area contributed by atoms with Gasteiger partial charge in [0.25, 0.3) is 0 Å². The molecule has 0 radical (unpaired) electrons. The Morgan fingerprint density at radius 1 is 1.33 bits per heavy atom. The summed E-state index contributed by atoms with van der Waals surface area (Å²) in [6, 6.07) is 0.827. The maximum absolute atomic E-state index is 3.76. The van der Waals surface area contributed by atoms with Crippen molar-refractivity contribution in [2.75, 3.05) is 6.54 Å². The first-order valence-electron chi connectivity index (χ1n) is 6.72. The van der Waals surface area contributed by atoms with Crippen LogP contribution in [0.4, 0.5) is 0 Å². The number of unbranched alkanes of at least 4 members (excludes halogenated alkanes) is 3. The average molecular weight is 209 g/mol. The fourth-order valence-corrected chi connectivity index (χ4v) is 2.16. The van der Waals surface area contributed by atoms with Gasteiger partial charge in [-0.1, -0.05) is 25.8 Å². The molecule has 0 heterocycles. The summed E-state index contributed by atoms with van der Waals surface area (Å²) in [6.45, 7) is 7.21. The average Bonchev–Trinajstić information content (AvgIpc) is 3.06. The first-order chi connectivity index (χ1) is 7.38. The molecule has 88 valence electrons. The topological polar surface area (TPSA) is 12.0 Å². The van der Waals surface area contributed by atoms with Gasteiger partial charge in [-0.3, -0.25) is 0 Å². The summed E-state index contributed by atoms with van der Waals surface area (Å²) in [5.41, 5.74) is 0. The van der Waals surface area contributed by atoms with Crippen LogP contribution in [0.3, 0.4) is 0 Å². The number of rotatable bonds is 10. The minimum Gasteiger partial charge on any atom is -0.314 e. The van der Waals surface area contributed by atoms with Crippen LogP contribution in [0.1, 0.15) is 58.3 Å². The van der Waals surface area contributed by atoms with Gasteiger partial charge < -0.3 is 5.32 Å². The van der Waals surface area contributed by atoms with Gasteiger partial charge in [0.2, 0.25) is 0 Å². The molecule has 1 saturated carbocycles. The molecule has 1 N–H and O–H groups in total. The molecular formula is C14H27N. The summed E-state index contributed by atoms with van der Waals surface area (Å²) in [5.74, 6) is 1.01. The predicted octanol–water partition coefficient (Wildman–Crippen LogP) is 3.90. The largest absolute Gasteiger partial charge is 0.314 e. The monoisotopic (exact) mass is 209 g/mol. The molecule has 0 aromatic carbocycles. The van der Waals surface area contributed by atoms with E-state index in [1.165, 1.54) is 57.9 Å². The molecule has 0 aromatic heterocycles. The van der Waals surface area contributed by atoms with E-state index < -0.39 is 0 Å². The summed E-state index contributed by atoms with van der Waals surface area (Å²) >= 11 is 0. The molecule has 0 bridgehead atoms. The Bertz CT molecular complexity index is 161. The van der Waals surface area contributed by atoms with Gasteiger partial charge in [-0.2, -0.15) is 0 Å². The first-order valence-corrected chi connectivity index (χ1v) is 6.72. The molecule has 1 unspecified atom stereocenters. The molecule has 15 heavy (non-hydrogen) atoms. The van der Waals surface area contributed by atoms with E-state index in [0.717, 1.165) is 12.0 Å². The van der Waals surface area contributed by atoms with E-state index >= 15 is 0 Å². The summed E-state index contributed by atoms with van der Waals surface area (Å²) in [4.78, 5) is 0. The lowest BCUT2D eigenvalue weighted by Crippen LogP contribution is -2.31. The first kappa shape index (κ1) is 12.8. The highest BCUT2D eigenvalue weighted by atomic mass is 14.9. The van der Waals surface area contributed by atoms with E-state index in [1.807, 2.05) is 6.08 Å². The normalized spacial score (nSPS) is 17.7. The lowest BCUT2D eigenvalue weighted by atomic mass is 10.0. The molecule has 0 aliphatic heterocycles. The van der Waals surface area contributed by atoms with E-state index in [2.05, 4.69) is 18.8 Å². The summed E-state index contributed by atoms with van der Waals surface area (Å²) in [7, 11) is 0. The Balaban J connectivity index is 2.01. The number of hydrogen-bond donors (Lipinski definition) is 1. The number of hydrogen-bond acceptors (Lipinski definition) is 1. The lowest BCUT2D eigenvalue weighted by Gasteiger charge is -2.17. The molecule has 1 rings (SSSR count). The van der Waals surface area contributed by atoms with Gasteiger partial charge in [-0.25, -0.2) is 0 Å². The van der Waals surface area contributed by atoms with Crippen LogP contribution in [0, 0.1) is 5.92 Å². The zero-order valence-corrected chi connectivity index (χ0v) is 10.3. The summed E-state index contributed by atoms with van der Waals surface area (Å²) in [5, 5.41) is 3.70. The second-order valence-corrected chi connectivity index (χ2v) is 4.82. The van der Waals surface area contributed by atoms with E-state index in [1.54, 1.807) is 0 Å². The molecular weight excluding hydrogens is 182 g/mol. The fourth-order valence-electron chi connectivity index (χ4n) is 2.16. The van der Waals surface area contributed by atoms with Crippen LogP contribution in [-0.4, -0.2) is 12.6 Å². The highest BCUT2D eigenvalue weighted by molar-refractivity contribution is 4.86. The van der Waals surface area contributed by atoms with Gasteiger partial charge >= 0.3 is 0 Å². The second-order valence-electron chi connectivity index (χ2n) is 4.82. The third kappa shape index (κ3) is 5.99. The maximum Gasteiger partial charge on any atom is 0.00953 e. The van der Waals surface area contributed by atoms with Crippen molar-refractivity contribution in [3.05, 3.63) is 12.7 Å². The van der Waals surface area contributed by atoms with Crippen molar-refractivity contribution in [1.29, 1.82) is 0 Å². The Morgan fingerprint density at radius 2 is 2.13 bits per heavy atom. The molecule has 1 nitrogen and oxygen atoms in total. The number of nitrogens with one attached hydrogen (secondary N) is 1. The Morgan fingerprint density at radius 3 is 2.73 bits per heavy atom. The SMILES string of the molecule is C=CCCCCCC(NCCC)C1CC1. The van der Waals surface area contributed by atoms with E-state index in [-0.39, 0.29) is 0 Å². The van der Waals surface area contributed by atoms with Gasteiger partial charge in [-0.15, -0.1) is 6.58 Å². The third-order valence-electron chi connectivity index (χ3n) is 3.27. The second kappa shape index (κ2) is 7.92. The smallest absolute Gasteiger partial charge is 0.00953 e. The van der Waals surface area contributed by atoms with Crippen LogP contribution in [0.2, 0.25) is 0 Å². The van der Waals surface area contributed by atoms with Crippen LogP contribution in [0.15, 0.2) is 12.7 Å². The minimum atomic E-state index is 0.827. The van der Waals surface area contributed by atoms with E-state index in [0.29, 0.717) is 0 Å². The Hall–Kier alpha value is -0.300. The van der Waals surface area contributed by atoms with Crippen molar-refractivity contribution < 1.29 is 0 Å². The van der Waals surface area contributed by atoms with Gasteiger partial charge in [0.1, 0.15) is 0 Å². The number of allylic oxidation sites excluding steroid dienone is 1. The quantitative estimate of drug-likeness (QED) is 0.425. The zero-order chi connectivity index (χ0) is 10.9. The summed E-state index contributed by atoms with van der Waals surface area (Å²) in [6.07, 6.45) is 12.9. The van der Waals surface area contributed by atoms with Crippen molar-refractivity contribution in [3.8, 4) is 0 Å². The van der Waals surface area contributed by atoms with Crippen molar-refractivity contribution in [2.24, 2.45) is 5.92 Å². The molecule has 1 aliphatic carbocycles. The van der Waals surface area contributed by atoms with Gasteiger partial charge in [0.15, 0.2) is 0 Å². The highest BCUT2D eigenvalue weighted by Crippen LogP contribution is 2.34. The van der Waals surface area contributed by atoms with Crippen LogP contribution in [-0.2, 0) is 0 Å². The van der Waals surface area contributed by atoms with Gasteiger partial charge in [0.05, 0.1) is 0 Å². The molecule has 1 heteroatoms. The fraction of sp³-hybridized carbons (Fsp3) is 0.857. The lowest BCUT2D eigenvalue weighted by molar-refractivity contribution is 0.417. The van der Waals surface area contributed by atoms with Crippen molar-refractivity contribution in [2.45, 2.75) is 64.3 Å². The molecule has 1 atom stereocenters. The standard InChI is InChI=1S/C14H27N/c1-3-5-6-7-8-9-14(13-10-11-13)15-12-4-2/h3,13-15H,1,4-12H2,2H3. The molecule has 0 amide bonds. The predicted molar refractivity (Wildman–Crippen MR) is 68.1 cm³/mol. The van der Waals surface area contributed by atoms with Gasteiger partial charge in [0, 0.05) is 6.04 Å². The van der Waals surface area contributed by atoms with Crippen molar-refractivity contribution in [3.63, 3.8) is 0 Å². The van der Waals surface area contributed by atoms with Crippen LogP contribution < -0.4 is 5.32 Å². The molecule has 0 saturated heterocycles. The molecule has 1 aliphatic rings. The summed E-state index contributed by atoms with van der Waals surface area (Å²) < 4.78 is 0. The van der Waals surface area contributed by atoms with Crippen molar-refractivity contribution >= 4 is 0 Å². The van der Waals surface area contributed by atoms with Crippen LogP contribution >= 0.6 is 0 Å². The molecule has 1 fully saturated rings. The molecule has 0 spiro atoms. The zero-order valence-electron chi connectivity index (χ0n) is 10.3. The van der Waals surface area contributed by atoms with Crippen LogP contribution in [0.5, 0.6) is 0 Å². The van der Waals surface area contributed by atoms with E-state index in [4.69, 9.17) is 0 Å². The van der Waals surface area contributed by atoms with Crippen LogP contribution in [0.25, 0.3) is 0 Å². The van der Waals surface area contributed by atoms with E-state index in [9.17, 15) is 0 Å². The van der Waals surface area contributed by atoms with Gasteiger partial charge in [-0.05, 0) is 51.0 Å². The molecule has 0 aromatic rings.